The van der Waals surface area contributed by atoms with Crippen molar-refractivity contribution in [2.45, 2.75) is 51.1 Å². The number of imidazole rings is 1. The molecule has 1 aromatic heterocycles. The summed E-state index contributed by atoms with van der Waals surface area (Å²) in [4.78, 5) is 23.6. The Morgan fingerprint density at radius 2 is 2.09 bits per heavy atom. The van der Waals surface area contributed by atoms with E-state index in [0.29, 0.717) is 6.54 Å². The zero-order valence-electron chi connectivity index (χ0n) is 14.1. The van der Waals surface area contributed by atoms with Gasteiger partial charge in [-0.3, -0.25) is 4.90 Å². The van der Waals surface area contributed by atoms with E-state index in [9.17, 15) is 4.79 Å². The average Bonchev–Trinajstić information content (AvgIpc) is 3.05. The Morgan fingerprint density at radius 3 is 2.68 bits per heavy atom. The van der Waals surface area contributed by atoms with E-state index in [-0.39, 0.29) is 11.6 Å². The van der Waals surface area contributed by atoms with E-state index < -0.39 is 0 Å². The highest BCUT2D eigenvalue weighted by Gasteiger charge is 2.35. The summed E-state index contributed by atoms with van der Waals surface area (Å²) in [5, 5.41) is 3.12. The lowest BCUT2D eigenvalue weighted by molar-refractivity contribution is 0.0793. The molecule has 2 N–H and O–H groups in total. The van der Waals surface area contributed by atoms with Gasteiger partial charge in [0.05, 0.1) is 6.54 Å². The molecule has 0 spiro atoms. The first-order valence-corrected chi connectivity index (χ1v) is 8.26. The maximum atomic E-state index is 12.3. The predicted molar refractivity (Wildman–Crippen MR) is 87.6 cm³/mol. The highest BCUT2D eigenvalue weighted by molar-refractivity contribution is 5.73. The highest BCUT2D eigenvalue weighted by atomic mass is 16.2. The normalized spacial score (nSPS) is 17.5. The summed E-state index contributed by atoms with van der Waals surface area (Å²) in [7, 11) is 3.97. The van der Waals surface area contributed by atoms with Crippen LogP contribution in [0.2, 0.25) is 0 Å². The summed E-state index contributed by atoms with van der Waals surface area (Å²) in [6.07, 6.45) is 9.62. The summed E-state index contributed by atoms with van der Waals surface area (Å²) in [6, 6.07) is -0.0362. The van der Waals surface area contributed by atoms with Gasteiger partial charge in [-0.2, -0.15) is 0 Å². The van der Waals surface area contributed by atoms with E-state index in [4.69, 9.17) is 0 Å². The fraction of sp³-hybridized carbons (Fsp3) is 0.750. The van der Waals surface area contributed by atoms with Crippen molar-refractivity contribution in [3.63, 3.8) is 0 Å². The van der Waals surface area contributed by atoms with E-state index in [2.05, 4.69) is 34.2 Å². The molecule has 1 heterocycles. The number of aromatic amines is 1. The summed E-state index contributed by atoms with van der Waals surface area (Å²) in [6.45, 7) is 4.41. The van der Waals surface area contributed by atoms with Crippen LogP contribution < -0.4 is 5.32 Å². The van der Waals surface area contributed by atoms with Crippen LogP contribution in [0.5, 0.6) is 0 Å². The Balaban J connectivity index is 1.89. The van der Waals surface area contributed by atoms with Gasteiger partial charge in [0.25, 0.3) is 0 Å². The molecule has 0 unspecified atom stereocenters. The molecule has 0 bridgehead atoms. The molecular formula is C16H29N5O. The lowest BCUT2D eigenvalue weighted by Gasteiger charge is -2.44. The van der Waals surface area contributed by atoms with E-state index in [0.717, 1.165) is 18.9 Å². The van der Waals surface area contributed by atoms with Crippen LogP contribution in [0.25, 0.3) is 0 Å². The number of nitrogens with one attached hydrogen (secondary N) is 2. The van der Waals surface area contributed by atoms with Crippen molar-refractivity contribution in [2.75, 3.05) is 27.2 Å². The quantitative estimate of drug-likeness (QED) is 0.847. The molecule has 1 saturated carbocycles. The second-order valence-electron chi connectivity index (χ2n) is 6.35. The van der Waals surface area contributed by atoms with Gasteiger partial charge >= 0.3 is 6.03 Å². The van der Waals surface area contributed by atoms with Crippen molar-refractivity contribution < 1.29 is 4.79 Å². The largest absolute Gasteiger partial charge is 0.347 e. The van der Waals surface area contributed by atoms with Gasteiger partial charge in [-0.15, -0.1) is 0 Å². The number of carbonyl (C=O) groups excluding carboxylic acids is 1. The predicted octanol–water partition coefficient (Wildman–Crippen LogP) is 2.21. The number of urea groups is 1. The molecule has 1 aliphatic carbocycles. The van der Waals surface area contributed by atoms with Crippen molar-refractivity contribution >= 4 is 6.03 Å². The number of rotatable bonds is 6. The third kappa shape index (κ3) is 4.00. The molecule has 1 aliphatic rings. The number of carbonyl (C=O) groups is 1. The van der Waals surface area contributed by atoms with Crippen LogP contribution in [-0.4, -0.2) is 58.5 Å². The van der Waals surface area contributed by atoms with E-state index in [1.807, 2.05) is 0 Å². The number of hydrogen-bond acceptors (Lipinski definition) is 3. The second kappa shape index (κ2) is 7.63. The third-order valence-corrected chi connectivity index (χ3v) is 4.93. The lowest BCUT2D eigenvalue weighted by Crippen LogP contribution is -2.56. The summed E-state index contributed by atoms with van der Waals surface area (Å²) < 4.78 is 0. The Bertz CT molecular complexity index is 453. The SMILES string of the molecule is CCN(C)C1(CNC(=O)N(C)Cc2ncc[nH]2)CCCCC1. The van der Waals surface area contributed by atoms with E-state index in [1.165, 1.54) is 32.1 Å². The lowest BCUT2D eigenvalue weighted by atomic mass is 9.80. The fourth-order valence-corrected chi connectivity index (χ4v) is 3.29. The molecule has 6 nitrogen and oxygen atoms in total. The number of nitrogens with zero attached hydrogens (tertiary/aromatic N) is 3. The van der Waals surface area contributed by atoms with Crippen LogP contribution >= 0.6 is 0 Å². The Morgan fingerprint density at radius 1 is 1.36 bits per heavy atom. The summed E-state index contributed by atoms with van der Waals surface area (Å²) in [5.41, 5.74) is 0.119. The minimum absolute atomic E-state index is 0.0362. The van der Waals surface area contributed by atoms with Gasteiger partial charge in [0.15, 0.2) is 0 Å². The standard InChI is InChI=1S/C16H29N5O/c1-4-21(3)16(8-6-5-7-9-16)13-19-15(22)20(2)12-14-17-10-11-18-14/h10-11H,4-9,12-13H2,1-3H3,(H,17,18)(H,19,22). The van der Waals surface area contributed by atoms with E-state index in [1.54, 1.807) is 24.3 Å². The molecule has 0 aromatic carbocycles. The van der Waals surface area contributed by atoms with Crippen LogP contribution in [0.1, 0.15) is 44.9 Å². The van der Waals surface area contributed by atoms with Gasteiger partial charge in [0.1, 0.15) is 5.82 Å². The maximum absolute atomic E-state index is 12.3. The van der Waals surface area contributed by atoms with Crippen LogP contribution in [0, 0.1) is 0 Å². The molecule has 0 atom stereocenters. The van der Waals surface area contributed by atoms with Gasteiger partial charge in [-0.05, 0) is 26.4 Å². The third-order valence-electron chi connectivity index (χ3n) is 4.93. The van der Waals surface area contributed by atoms with Gasteiger partial charge in [-0.25, -0.2) is 9.78 Å². The molecule has 0 saturated heterocycles. The fourth-order valence-electron chi connectivity index (χ4n) is 3.29. The first-order chi connectivity index (χ1) is 10.6. The molecule has 1 aromatic rings. The smallest absolute Gasteiger partial charge is 0.317 e. The summed E-state index contributed by atoms with van der Waals surface area (Å²) >= 11 is 0. The highest BCUT2D eigenvalue weighted by Crippen LogP contribution is 2.32. The minimum Gasteiger partial charge on any atom is -0.347 e. The van der Waals surface area contributed by atoms with Crippen LogP contribution in [0.15, 0.2) is 12.4 Å². The number of H-pyrrole nitrogens is 1. The molecule has 124 valence electrons. The Kier molecular flexibility index (Phi) is 5.83. The number of hydrogen-bond donors (Lipinski definition) is 2. The minimum atomic E-state index is -0.0362. The molecule has 22 heavy (non-hydrogen) atoms. The summed E-state index contributed by atoms with van der Waals surface area (Å²) in [5.74, 6) is 0.802. The molecular weight excluding hydrogens is 278 g/mol. The van der Waals surface area contributed by atoms with Crippen molar-refractivity contribution in [3.05, 3.63) is 18.2 Å². The molecule has 2 amide bonds. The first-order valence-electron chi connectivity index (χ1n) is 8.26. The first kappa shape index (κ1) is 16.8. The van der Waals surface area contributed by atoms with Gasteiger partial charge in [-0.1, -0.05) is 26.2 Å². The van der Waals surface area contributed by atoms with Gasteiger partial charge in [0.2, 0.25) is 0 Å². The molecule has 1 fully saturated rings. The van der Waals surface area contributed by atoms with Crippen molar-refractivity contribution in [1.29, 1.82) is 0 Å². The monoisotopic (exact) mass is 307 g/mol. The average molecular weight is 307 g/mol. The van der Waals surface area contributed by atoms with E-state index >= 15 is 0 Å². The molecule has 6 heteroatoms. The zero-order valence-corrected chi connectivity index (χ0v) is 14.1. The van der Waals surface area contributed by atoms with Crippen molar-refractivity contribution in [1.82, 2.24) is 25.1 Å². The van der Waals surface area contributed by atoms with Crippen LogP contribution in [-0.2, 0) is 6.54 Å². The Hall–Kier alpha value is -1.56. The van der Waals surface area contributed by atoms with Crippen molar-refractivity contribution in [2.24, 2.45) is 0 Å². The number of amides is 2. The van der Waals surface area contributed by atoms with Crippen molar-refractivity contribution in [3.8, 4) is 0 Å². The molecule has 0 radical (unpaired) electrons. The Labute approximate surface area is 133 Å². The second-order valence-corrected chi connectivity index (χ2v) is 6.35. The number of likely N-dealkylation sites (N-methyl/N-ethyl adjacent to an activating group) is 1. The van der Waals surface area contributed by atoms with Crippen LogP contribution in [0.4, 0.5) is 4.79 Å². The topological polar surface area (TPSA) is 64.3 Å². The zero-order chi connectivity index (χ0) is 16.0. The van der Waals surface area contributed by atoms with Gasteiger partial charge in [0, 0.05) is 31.5 Å². The number of aromatic nitrogens is 2. The molecule has 0 aliphatic heterocycles. The van der Waals surface area contributed by atoms with Crippen LogP contribution in [0.3, 0.4) is 0 Å². The molecule has 2 rings (SSSR count). The maximum Gasteiger partial charge on any atom is 0.317 e. The van der Waals surface area contributed by atoms with Gasteiger partial charge < -0.3 is 15.2 Å².